The van der Waals surface area contributed by atoms with Crippen LogP contribution in [0.15, 0.2) is 54.6 Å². The van der Waals surface area contributed by atoms with Crippen LogP contribution in [0.3, 0.4) is 0 Å². The quantitative estimate of drug-likeness (QED) is 0.846. The normalized spacial score (nSPS) is 15.2. The largest absolute Gasteiger partial charge is 0.483 e. The van der Waals surface area contributed by atoms with Gasteiger partial charge in [0.25, 0.3) is 11.8 Å². The van der Waals surface area contributed by atoms with Crippen molar-refractivity contribution >= 4 is 11.8 Å². The molecule has 2 amide bonds. The first-order valence-corrected chi connectivity index (χ1v) is 9.19. The topological polar surface area (TPSA) is 75.9 Å². The maximum atomic E-state index is 13.0. The van der Waals surface area contributed by atoms with Crippen LogP contribution < -0.4 is 10.5 Å². The van der Waals surface area contributed by atoms with Crippen molar-refractivity contribution in [2.24, 2.45) is 5.73 Å². The first-order chi connectivity index (χ1) is 13.1. The molecule has 3 rings (SSSR count). The van der Waals surface area contributed by atoms with Crippen LogP contribution >= 0.6 is 0 Å². The Bertz CT molecular complexity index is 779. The molecule has 1 heterocycles. The van der Waals surface area contributed by atoms with Crippen LogP contribution in [0.1, 0.15) is 22.3 Å². The summed E-state index contributed by atoms with van der Waals surface area (Å²) in [6.07, 6.45) is 0.920. The lowest BCUT2D eigenvalue weighted by Crippen LogP contribution is -2.35. The fourth-order valence-electron chi connectivity index (χ4n) is 3.26. The predicted molar refractivity (Wildman–Crippen MR) is 103 cm³/mol. The third-order valence-electron chi connectivity index (χ3n) is 4.61. The zero-order valence-corrected chi connectivity index (χ0v) is 15.3. The zero-order valence-electron chi connectivity index (χ0n) is 15.3. The Balaban J connectivity index is 1.63. The van der Waals surface area contributed by atoms with Gasteiger partial charge >= 0.3 is 0 Å². The second kappa shape index (κ2) is 9.19. The number of hydrogen-bond acceptors (Lipinski definition) is 4. The van der Waals surface area contributed by atoms with Gasteiger partial charge in [0.15, 0.2) is 6.61 Å². The van der Waals surface area contributed by atoms with Gasteiger partial charge in [0.2, 0.25) is 0 Å². The van der Waals surface area contributed by atoms with Crippen molar-refractivity contribution in [1.82, 2.24) is 9.80 Å². The smallest absolute Gasteiger partial charge is 0.257 e. The molecular weight excluding hydrogens is 342 g/mol. The summed E-state index contributed by atoms with van der Waals surface area (Å²) in [5, 5.41) is 0. The molecule has 27 heavy (non-hydrogen) atoms. The maximum absolute atomic E-state index is 13.0. The number of benzene rings is 2. The Morgan fingerprint density at radius 3 is 2.44 bits per heavy atom. The average Bonchev–Trinajstić information content (AvgIpc) is 2.92. The van der Waals surface area contributed by atoms with Gasteiger partial charge in [-0.05, 0) is 24.1 Å². The van der Waals surface area contributed by atoms with Crippen LogP contribution in [-0.4, -0.2) is 54.4 Å². The average molecular weight is 367 g/mol. The Morgan fingerprint density at radius 1 is 0.926 bits per heavy atom. The number of primary amides is 1. The molecular formula is C21H25N3O3. The van der Waals surface area contributed by atoms with E-state index in [1.165, 1.54) is 5.56 Å². The van der Waals surface area contributed by atoms with Crippen LogP contribution in [-0.2, 0) is 11.3 Å². The number of amides is 2. The molecule has 0 spiro atoms. The summed E-state index contributed by atoms with van der Waals surface area (Å²) >= 11 is 0. The van der Waals surface area contributed by atoms with Crippen molar-refractivity contribution < 1.29 is 14.3 Å². The molecule has 1 fully saturated rings. The zero-order chi connectivity index (χ0) is 19.1. The second-order valence-corrected chi connectivity index (χ2v) is 6.66. The molecule has 2 aromatic rings. The molecule has 2 N–H and O–H groups in total. The van der Waals surface area contributed by atoms with E-state index in [0.29, 0.717) is 24.4 Å². The highest BCUT2D eigenvalue weighted by atomic mass is 16.5. The standard InChI is InChI=1S/C21H25N3O3/c22-20(25)16-27-19-10-5-4-9-18(19)21(26)24-12-6-11-23(13-14-24)15-17-7-2-1-3-8-17/h1-5,7-10H,6,11-16H2,(H2,22,25). The Morgan fingerprint density at radius 2 is 1.67 bits per heavy atom. The fraction of sp³-hybridized carbons (Fsp3) is 0.333. The van der Waals surface area contributed by atoms with E-state index in [4.69, 9.17) is 10.5 Å². The van der Waals surface area contributed by atoms with E-state index in [1.807, 2.05) is 23.1 Å². The molecule has 0 radical (unpaired) electrons. The van der Waals surface area contributed by atoms with Crippen molar-refractivity contribution in [3.05, 3.63) is 65.7 Å². The number of hydrogen-bond donors (Lipinski definition) is 1. The molecule has 0 aliphatic carbocycles. The first-order valence-electron chi connectivity index (χ1n) is 9.19. The van der Waals surface area contributed by atoms with Crippen molar-refractivity contribution in [2.45, 2.75) is 13.0 Å². The highest BCUT2D eigenvalue weighted by molar-refractivity contribution is 5.97. The van der Waals surface area contributed by atoms with Gasteiger partial charge in [0.05, 0.1) is 5.56 Å². The first kappa shape index (κ1) is 18.9. The lowest BCUT2D eigenvalue weighted by molar-refractivity contribution is -0.119. The molecule has 0 atom stereocenters. The van der Waals surface area contributed by atoms with Crippen LogP contribution in [0.5, 0.6) is 5.75 Å². The third kappa shape index (κ3) is 5.31. The van der Waals surface area contributed by atoms with Crippen molar-refractivity contribution in [2.75, 3.05) is 32.8 Å². The Hall–Kier alpha value is -2.86. The Labute approximate surface area is 159 Å². The minimum absolute atomic E-state index is 0.0726. The molecule has 0 bridgehead atoms. The number of carbonyl (C=O) groups excluding carboxylic acids is 2. The van der Waals surface area contributed by atoms with Gasteiger partial charge in [-0.15, -0.1) is 0 Å². The minimum Gasteiger partial charge on any atom is -0.483 e. The second-order valence-electron chi connectivity index (χ2n) is 6.66. The van der Waals surface area contributed by atoms with Gasteiger partial charge in [-0.25, -0.2) is 0 Å². The van der Waals surface area contributed by atoms with Crippen LogP contribution in [0, 0.1) is 0 Å². The van der Waals surface area contributed by atoms with Gasteiger partial charge < -0.3 is 15.4 Å². The van der Waals surface area contributed by atoms with E-state index in [9.17, 15) is 9.59 Å². The van der Waals surface area contributed by atoms with E-state index in [0.717, 1.165) is 26.1 Å². The summed E-state index contributed by atoms with van der Waals surface area (Å²) < 4.78 is 5.41. The van der Waals surface area contributed by atoms with Crippen LogP contribution in [0.2, 0.25) is 0 Å². The predicted octanol–water partition coefficient (Wildman–Crippen LogP) is 1.90. The van der Waals surface area contributed by atoms with E-state index in [-0.39, 0.29) is 12.5 Å². The summed E-state index contributed by atoms with van der Waals surface area (Å²) in [5.41, 5.74) is 6.89. The SMILES string of the molecule is NC(=O)COc1ccccc1C(=O)N1CCCN(Cc2ccccc2)CC1. The maximum Gasteiger partial charge on any atom is 0.257 e. The number of carbonyl (C=O) groups is 2. The molecule has 1 saturated heterocycles. The molecule has 1 aliphatic rings. The monoisotopic (exact) mass is 367 g/mol. The van der Waals surface area contributed by atoms with Gasteiger partial charge in [0.1, 0.15) is 5.75 Å². The lowest BCUT2D eigenvalue weighted by atomic mass is 10.1. The van der Waals surface area contributed by atoms with Gasteiger partial charge in [-0.3, -0.25) is 14.5 Å². The highest BCUT2D eigenvalue weighted by Crippen LogP contribution is 2.21. The minimum atomic E-state index is -0.566. The molecule has 142 valence electrons. The summed E-state index contributed by atoms with van der Waals surface area (Å²) in [7, 11) is 0. The number of rotatable bonds is 6. The fourth-order valence-corrected chi connectivity index (χ4v) is 3.26. The van der Waals surface area contributed by atoms with E-state index in [1.54, 1.807) is 24.3 Å². The Kier molecular flexibility index (Phi) is 6.44. The summed E-state index contributed by atoms with van der Waals surface area (Å²) in [5.74, 6) is -0.244. The molecule has 6 nitrogen and oxygen atoms in total. The van der Waals surface area contributed by atoms with E-state index >= 15 is 0 Å². The molecule has 0 unspecified atom stereocenters. The molecule has 6 heteroatoms. The number of nitrogens with zero attached hydrogens (tertiary/aromatic N) is 2. The van der Waals surface area contributed by atoms with Crippen molar-refractivity contribution in [3.63, 3.8) is 0 Å². The van der Waals surface area contributed by atoms with Crippen LogP contribution in [0.4, 0.5) is 0 Å². The third-order valence-corrected chi connectivity index (χ3v) is 4.61. The van der Waals surface area contributed by atoms with E-state index in [2.05, 4.69) is 17.0 Å². The van der Waals surface area contributed by atoms with Crippen molar-refractivity contribution in [3.8, 4) is 5.75 Å². The van der Waals surface area contributed by atoms with Crippen LogP contribution in [0.25, 0.3) is 0 Å². The molecule has 0 aromatic heterocycles. The van der Waals surface area contributed by atoms with Crippen molar-refractivity contribution in [1.29, 1.82) is 0 Å². The summed E-state index contributed by atoms with van der Waals surface area (Å²) in [6.45, 7) is 3.80. The lowest BCUT2D eigenvalue weighted by Gasteiger charge is -2.23. The number of ether oxygens (including phenoxy) is 1. The van der Waals surface area contributed by atoms with Gasteiger partial charge in [-0.2, -0.15) is 0 Å². The number of nitrogens with two attached hydrogens (primary N) is 1. The molecule has 2 aromatic carbocycles. The summed E-state index contributed by atoms with van der Waals surface area (Å²) in [6, 6.07) is 17.4. The van der Waals surface area contributed by atoms with Gasteiger partial charge in [-0.1, -0.05) is 42.5 Å². The number of para-hydroxylation sites is 1. The van der Waals surface area contributed by atoms with E-state index < -0.39 is 5.91 Å². The van der Waals surface area contributed by atoms with Gasteiger partial charge in [0, 0.05) is 32.7 Å². The highest BCUT2D eigenvalue weighted by Gasteiger charge is 2.23. The summed E-state index contributed by atoms with van der Waals surface area (Å²) in [4.78, 5) is 28.2. The molecule has 1 aliphatic heterocycles. The molecule has 0 saturated carbocycles.